The third-order valence-corrected chi connectivity index (χ3v) is 3.11. The lowest BCUT2D eigenvalue weighted by molar-refractivity contribution is 0.122. The number of nitrogen functional groups attached to an aromatic ring is 1. The Hall–Kier alpha value is -1.77. The van der Waals surface area contributed by atoms with E-state index in [0.29, 0.717) is 11.8 Å². The third kappa shape index (κ3) is 1.48. The Morgan fingerprint density at radius 3 is 2.88 bits per heavy atom. The first-order chi connectivity index (χ1) is 7.84. The van der Waals surface area contributed by atoms with Crippen LogP contribution < -0.4 is 10.5 Å². The lowest BCUT2D eigenvalue weighted by Crippen LogP contribution is -2.24. The number of anilines is 1. The minimum absolute atomic E-state index is 0.382. The number of fused-ring (bicyclic) bond motifs is 1. The molecule has 0 atom stereocenters. The van der Waals surface area contributed by atoms with Crippen molar-refractivity contribution in [2.75, 3.05) is 5.73 Å². The van der Waals surface area contributed by atoms with Crippen molar-refractivity contribution >= 4 is 16.6 Å². The molecule has 0 radical (unpaired) electrons. The molecule has 0 saturated heterocycles. The van der Waals surface area contributed by atoms with Gasteiger partial charge in [0, 0.05) is 11.6 Å². The van der Waals surface area contributed by atoms with Crippen LogP contribution in [0.4, 0.5) is 5.69 Å². The monoisotopic (exact) mass is 214 g/mol. The summed E-state index contributed by atoms with van der Waals surface area (Å²) < 4.78 is 5.92. The maximum absolute atomic E-state index is 5.92. The van der Waals surface area contributed by atoms with E-state index >= 15 is 0 Å². The largest absolute Gasteiger partial charge is 0.490 e. The summed E-state index contributed by atoms with van der Waals surface area (Å²) in [4.78, 5) is 4.29. The minimum atomic E-state index is 0.382. The van der Waals surface area contributed by atoms with Crippen LogP contribution in [0.2, 0.25) is 0 Å². The van der Waals surface area contributed by atoms with Crippen LogP contribution in [-0.4, -0.2) is 11.1 Å². The molecule has 16 heavy (non-hydrogen) atoms. The standard InChI is InChI=1S/C13H14N2O/c14-11-6-2-5-10-12(7-8-15-13(10)11)16-9-3-1-4-9/h2,5-9H,1,3-4,14H2. The molecule has 3 rings (SSSR count). The van der Waals surface area contributed by atoms with Gasteiger partial charge in [-0.05, 0) is 37.5 Å². The van der Waals surface area contributed by atoms with E-state index in [4.69, 9.17) is 10.5 Å². The van der Waals surface area contributed by atoms with Crippen molar-refractivity contribution in [3.05, 3.63) is 30.5 Å². The number of pyridine rings is 1. The Kier molecular flexibility index (Phi) is 2.17. The molecule has 0 amide bonds. The van der Waals surface area contributed by atoms with Crippen LogP contribution in [0.5, 0.6) is 5.75 Å². The van der Waals surface area contributed by atoms with Crippen LogP contribution >= 0.6 is 0 Å². The summed E-state index contributed by atoms with van der Waals surface area (Å²) in [6, 6.07) is 7.72. The lowest BCUT2D eigenvalue weighted by atomic mass is 9.96. The maximum Gasteiger partial charge on any atom is 0.130 e. The molecule has 1 heterocycles. The fourth-order valence-electron chi connectivity index (χ4n) is 1.94. The smallest absolute Gasteiger partial charge is 0.130 e. The van der Waals surface area contributed by atoms with Crippen LogP contribution in [0, 0.1) is 0 Å². The summed E-state index contributed by atoms with van der Waals surface area (Å²) in [5, 5.41) is 1.01. The molecule has 1 saturated carbocycles. The van der Waals surface area contributed by atoms with E-state index in [9.17, 15) is 0 Å². The van der Waals surface area contributed by atoms with Crippen LogP contribution in [0.1, 0.15) is 19.3 Å². The molecule has 82 valence electrons. The summed E-state index contributed by atoms with van der Waals surface area (Å²) in [7, 11) is 0. The number of hydrogen-bond acceptors (Lipinski definition) is 3. The van der Waals surface area contributed by atoms with Crippen molar-refractivity contribution in [1.29, 1.82) is 0 Å². The highest BCUT2D eigenvalue weighted by molar-refractivity contribution is 5.93. The zero-order valence-electron chi connectivity index (χ0n) is 9.02. The van der Waals surface area contributed by atoms with Crippen molar-refractivity contribution in [3.63, 3.8) is 0 Å². The van der Waals surface area contributed by atoms with Gasteiger partial charge in [0.25, 0.3) is 0 Å². The summed E-state index contributed by atoms with van der Waals surface area (Å²) in [5.74, 6) is 0.905. The van der Waals surface area contributed by atoms with Gasteiger partial charge in [0.15, 0.2) is 0 Å². The summed E-state index contributed by atoms with van der Waals surface area (Å²) >= 11 is 0. The minimum Gasteiger partial charge on any atom is -0.490 e. The van der Waals surface area contributed by atoms with E-state index in [1.54, 1.807) is 6.20 Å². The molecule has 2 N–H and O–H groups in total. The van der Waals surface area contributed by atoms with Crippen molar-refractivity contribution < 1.29 is 4.74 Å². The Labute approximate surface area is 94.2 Å². The Morgan fingerprint density at radius 1 is 1.25 bits per heavy atom. The Morgan fingerprint density at radius 2 is 2.12 bits per heavy atom. The van der Waals surface area contributed by atoms with E-state index in [1.807, 2.05) is 24.3 Å². The topological polar surface area (TPSA) is 48.1 Å². The quantitative estimate of drug-likeness (QED) is 0.782. The molecule has 0 aliphatic heterocycles. The van der Waals surface area contributed by atoms with E-state index in [1.165, 1.54) is 6.42 Å². The predicted molar refractivity (Wildman–Crippen MR) is 64.4 cm³/mol. The molecule has 1 aliphatic carbocycles. The summed E-state index contributed by atoms with van der Waals surface area (Å²) in [6.45, 7) is 0. The van der Waals surface area contributed by atoms with Crippen molar-refractivity contribution in [2.45, 2.75) is 25.4 Å². The first kappa shape index (κ1) is 9.46. The number of nitrogens with two attached hydrogens (primary N) is 1. The second-order valence-electron chi connectivity index (χ2n) is 4.22. The Balaban J connectivity index is 2.06. The second kappa shape index (κ2) is 3.67. The van der Waals surface area contributed by atoms with Crippen LogP contribution in [-0.2, 0) is 0 Å². The highest BCUT2D eigenvalue weighted by Gasteiger charge is 2.20. The van der Waals surface area contributed by atoms with Crippen LogP contribution in [0.15, 0.2) is 30.5 Å². The maximum atomic E-state index is 5.92. The summed E-state index contributed by atoms with van der Waals surface area (Å²) in [5.41, 5.74) is 7.42. The normalized spacial score (nSPS) is 16.0. The molecular formula is C13H14N2O. The molecular weight excluding hydrogens is 200 g/mol. The number of aromatic nitrogens is 1. The SMILES string of the molecule is Nc1cccc2c(OC3CCC3)ccnc12. The molecule has 2 aromatic rings. The zero-order valence-corrected chi connectivity index (χ0v) is 9.02. The lowest BCUT2D eigenvalue weighted by Gasteiger charge is -2.26. The van der Waals surface area contributed by atoms with Gasteiger partial charge in [0.2, 0.25) is 0 Å². The molecule has 0 bridgehead atoms. The van der Waals surface area contributed by atoms with Crippen molar-refractivity contribution in [2.24, 2.45) is 0 Å². The van der Waals surface area contributed by atoms with Crippen LogP contribution in [0.3, 0.4) is 0 Å². The number of para-hydroxylation sites is 1. The Bertz CT molecular complexity index is 520. The van der Waals surface area contributed by atoms with E-state index < -0.39 is 0 Å². The first-order valence-electron chi connectivity index (χ1n) is 5.64. The molecule has 1 aromatic carbocycles. The average molecular weight is 214 g/mol. The molecule has 0 unspecified atom stereocenters. The molecule has 1 aliphatic rings. The fourth-order valence-corrected chi connectivity index (χ4v) is 1.94. The number of rotatable bonds is 2. The highest BCUT2D eigenvalue weighted by Crippen LogP contribution is 2.31. The number of hydrogen-bond donors (Lipinski definition) is 1. The van der Waals surface area contributed by atoms with E-state index in [2.05, 4.69) is 4.98 Å². The molecule has 0 spiro atoms. The van der Waals surface area contributed by atoms with Gasteiger partial charge in [-0.15, -0.1) is 0 Å². The van der Waals surface area contributed by atoms with Gasteiger partial charge in [-0.3, -0.25) is 4.98 Å². The van der Waals surface area contributed by atoms with Crippen molar-refractivity contribution in [1.82, 2.24) is 4.98 Å². The number of benzene rings is 1. The number of nitrogens with zero attached hydrogens (tertiary/aromatic N) is 1. The summed E-state index contributed by atoms with van der Waals surface area (Å²) in [6.07, 6.45) is 5.73. The highest BCUT2D eigenvalue weighted by atomic mass is 16.5. The van der Waals surface area contributed by atoms with E-state index in [0.717, 1.165) is 29.5 Å². The van der Waals surface area contributed by atoms with Gasteiger partial charge in [-0.2, -0.15) is 0 Å². The van der Waals surface area contributed by atoms with Gasteiger partial charge in [-0.25, -0.2) is 0 Å². The van der Waals surface area contributed by atoms with E-state index in [-0.39, 0.29) is 0 Å². The molecule has 3 heteroatoms. The van der Waals surface area contributed by atoms with Gasteiger partial charge in [-0.1, -0.05) is 6.07 Å². The van der Waals surface area contributed by atoms with Gasteiger partial charge >= 0.3 is 0 Å². The molecule has 3 nitrogen and oxygen atoms in total. The predicted octanol–water partition coefficient (Wildman–Crippen LogP) is 2.75. The van der Waals surface area contributed by atoms with Gasteiger partial charge in [0.05, 0.1) is 17.3 Å². The second-order valence-corrected chi connectivity index (χ2v) is 4.22. The van der Waals surface area contributed by atoms with Gasteiger partial charge < -0.3 is 10.5 Å². The van der Waals surface area contributed by atoms with Gasteiger partial charge in [0.1, 0.15) is 5.75 Å². The average Bonchev–Trinajstić information content (AvgIpc) is 2.24. The van der Waals surface area contributed by atoms with Crippen molar-refractivity contribution in [3.8, 4) is 5.75 Å². The zero-order chi connectivity index (χ0) is 11.0. The fraction of sp³-hybridized carbons (Fsp3) is 0.308. The first-order valence-corrected chi connectivity index (χ1v) is 5.64. The van der Waals surface area contributed by atoms with Crippen LogP contribution in [0.25, 0.3) is 10.9 Å². The molecule has 1 aromatic heterocycles. The number of ether oxygens (including phenoxy) is 1. The third-order valence-electron chi connectivity index (χ3n) is 3.11. The molecule has 1 fully saturated rings.